The second kappa shape index (κ2) is 3.59. The monoisotopic (exact) mass is 199 g/mol. The molecule has 2 aromatic rings. The molecule has 1 amide bonds. The number of pyridine rings is 1. The summed E-state index contributed by atoms with van der Waals surface area (Å²) in [6.45, 7) is 0. The zero-order valence-corrected chi connectivity index (χ0v) is 8.32. The van der Waals surface area contributed by atoms with Crippen LogP contribution in [0.3, 0.4) is 0 Å². The van der Waals surface area contributed by atoms with E-state index in [-0.39, 0.29) is 5.53 Å². The van der Waals surface area contributed by atoms with Crippen LogP contribution in [0.5, 0.6) is 0 Å². The maximum Gasteiger partial charge on any atom is 0.189 e. The quantitative estimate of drug-likeness (QED) is 0.713. The Morgan fingerprint density at radius 2 is 2.21 bits per heavy atom. The molecule has 3 nitrogen and oxygen atoms in total. The van der Waals surface area contributed by atoms with Gasteiger partial charge in [0.2, 0.25) is 0 Å². The molecule has 0 atom stereocenters. The van der Waals surface area contributed by atoms with Crippen molar-refractivity contribution in [2.24, 2.45) is 0 Å². The summed E-state index contributed by atoms with van der Waals surface area (Å²) in [5.41, 5.74) is 0.527. The Kier molecular flexibility index (Phi) is 2.28. The van der Waals surface area contributed by atoms with E-state index in [0.29, 0.717) is 0 Å². The maximum atomic E-state index is 10.8. The lowest BCUT2D eigenvalue weighted by atomic mass is 10.1. The van der Waals surface area contributed by atoms with E-state index in [2.05, 4.69) is 20.5 Å². The third-order valence-corrected chi connectivity index (χ3v) is 2.05. The van der Waals surface area contributed by atoms with E-state index in [0.717, 1.165) is 16.5 Å². The first kappa shape index (κ1) is 8.90. The number of carbonyl (C=O) groups excluding carboxylic acids is 1. The summed E-state index contributed by atoms with van der Waals surface area (Å²) in [6, 6.07) is 7.54. The lowest BCUT2D eigenvalue weighted by Gasteiger charge is -2.05. The van der Waals surface area contributed by atoms with Crippen molar-refractivity contribution < 1.29 is 4.79 Å². The summed E-state index contributed by atoms with van der Waals surface area (Å²) < 4.78 is 0. The highest BCUT2D eigenvalue weighted by Gasteiger charge is 2.00. The molecule has 1 heterocycles. The molecule has 67 valence electrons. The van der Waals surface area contributed by atoms with Crippen molar-refractivity contribution >= 4 is 32.2 Å². The lowest BCUT2D eigenvalue weighted by molar-refractivity contribution is 0.269. The summed E-state index contributed by atoms with van der Waals surface area (Å²) in [5, 5.41) is 4.68. The Hall–Kier alpha value is -1.68. The maximum absolute atomic E-state index is 10.8. The first-order valence-corrected chi connectivity index (χ1v) is 4.63. The predicted molar refractivity (Wildman–Crippen MR) is 56.5 cm³/mol. The minimum atomic E-state index is -0.255. The molecule has 3 radical (unpaired) electrons. The van der Waals surface area contributed by atoms with Gasteiger partial charge in [-0.15, -0.1) is 0 Å². The van der Waals surface area contributed by atoms with Crippen molar-refractivity contribution in [1.82, 2.24) is 4.98 Å². The average Bonchev–Trinajstić information content (AvgIpc) is 2.18. The molecule has 2 rings (SSSR count). The smallest absolute Gasteiger partial charge is 0.189 e. The van der Waals surface area contributed by atoms with Gasteiger partial charge in [0.1, 0.15) is 0 Å². The molecule has 0 aliphatic rings. The number of carbonyl (C=O) groups is 1. The summed E-state index contributed by atoms with van der Waals surface area (Å²) in [5.74, 6) is 0. The molecule has 1 aromatic carbocycles. The molecule has 1 N–H and O–H groups in total. The second-order valence-corrected chi connectivity index (χ2v) is 3.31. The number of rotatable bonds is 1. The highest BCUT2D eigenvalue weighted by atomic mass is 28.1. The van der Waals surface area contributed by atoms with Gasteiger partial charge in [-0.2, -0.15) is 0 Å². The molecule has 0 bridgehead atoms. The van der Waals surface area contributed by atoms with E-state index < -0.39 is 0 Å². The Labute approximate surface area is 84.6 Å². The Balaban J connectivity index is 2.59. The normalized spacial score (nSPS) is 10.1. The number of nitrogens with zero attached hydrogens (tertiary/aromatic N) is 1. The van der Waals surface area contributed by atoms with E-state index >= 15 is 0 Å². The molecule has 1 aromatic heterocycles. The first-order chi connectivity index (χ1) is 6.77. The van der Waals surface area contributed by atoms with Gasteiger partial charge in [-0.25, -0.2) is 0 Å². The minimum absolute atomic E-state index is 0.255. The largest absolute Gasteiger partial charge is 0.331 e. The fourth-order valence-electron chi connectivity index (χ4n) is 1.35. The molecular weight excluding hydrogens is 192 g/mol. The molecule has 0 saturated heterocycles. The Bertz CT molecular complexity index is 479. The van der Waals surface area contributed by atoms with Gasteiger partial charge in [-0.1, -0.05) is 12.1 Å². The van der Waals surface area contributed by atoms with Crippen LogP contribution in [-0.2, 0) is 0 Å². The van der Waals surface area contributed by atoms with Crippen LogP contribution in [0.25, 0.3) is 10.8 Å². The number of nitrogens with one attached hydrogen (secondary N) is 1. The number of fused-ring (bicyclic) bond motifs is 1. The van der Waals surface area contributed by atoms with Crippen LogP contribution in [0.15, 0.2) is 36.7 Å². The summed E-state index contributed by atoms with van der Waals surface area (Å²) >= 11 is 0. The third-order valence-electron chi connectivity index (χ3n) is 1.93. The lowest BCUT2D eigenvalue weighted by Crippen LogP contribution is -2.08. The zero-order valence-electron chi connectivity index (χ0n) is 7.32. The van der Waals surface area contributed by atoms with E-state index in [4.69, 9.17) is 0 Å². The molecular formula is C10H7N2OSi. The summed E-state index contributed by atoms with van der Waals surface area (Å²) in [6.07, 6.45) is 3.46. The van der Waals surface area contributed by atoms with Crippen molar-refractivity contribution in [3.8, 4) is 0 Å². The van der Waals surface area contributed by atoms with Gasteiger partial charge in [0.05, 0.1) is 0 Å². The number of amides is 1. The number of hydrogen-bond acceptors (Lipinski definition) is 2. The highest BCUT2D eigenvalue weighted by molar-refractivity contribution is 6.60. The van der Waals surface area contributed by atoms with E-state index in [1.807, 2.05) is 24.3 Å². The van der Waals surface area contributed by atoms with E-state index in [1.54, 1.807) is 12.4 Å². The standard InChI is InChI=1S/C10H7N2OSi/c13-10(14)12-9-3-1-2-7-6-11-5-4-8(7)9/h1-6H,(H,12,13). The molecule has 0 saturated carbocycles. The Morgan fingerprint density at radius 3 is 3.00 bits per heavy atom. The zero-order chi connectivity index (χ0) is 9.97. The van der Waals surface area contributed by atoms with Gasteiger partial charge >= 0.3 is 0 Å². The molecule has 0 fully saturated rings. The van der Waals surface area contributed by atoms with Gasteiger partial charge in [0, 0.05) is 28.9 Å². The van der Waals surface area contributed by atoms with Crippen LogP contribution in [0, 0.1) is 0 Å². The number of benzene rings is 1. The van der Waals surface area contributed by atoms with Crippen LogP contribution in [-0.4, -0.2) is 20.8 Å². The van der Waals surface area contributed by atoms with E-state index in [1.165, 1.54) is 0 Å². The van der Waals surface area contributed by atoms with Crippen molar-refractivity contribution in [3.63, 3.8) is 0 Å². The topological polar surface area (TPSA) is 42.0 Å². The SMILES string of the molecule is O=C([Si])Nc1cccc2cnccc12. The molecule has 0 aliphatic carbocycles. The van der Waals surface area contributed by atoms with Crippen molar-refractivity contribution in [1.29, 1.82) is 0 Å². The van der Waals surface area contributed by atoms with Crippen LogP contribution in [0.2, 0.25) is 0 Å². The minimum Gasteiger partial charge on any atom is -0.331 e. The fraction of sp³-hybridized carbons (Fsp3) is 0. The van der Waals surface area contributed by atoms with Crippen LogP contribution in [0.1, 0.15) is 0 Å². The second-order valence-electron chi connectivity index (χ2n) is 2.86. The summed E-state index contributed by atoms with van der Waals surface area (Å²) in [4.78, 5) is 14.9. The van der Waals surface area contributed by atoms with Gasteiger partial charge in [0.25, 0.3) is 0 Å². The molecule has 14 heavy (non-hydrogen) atoms. The number of anilines is 1. The van der Waals surface area contributed by atoms with E-state index in [9.17, 15) is 4.79 Å². The van der Waals surface area contributed by atoms with Crippen LogP contribution in [0.4, 0.5) is 10.5 Å². The van der Waals surface area contributed by atoms with Gasteiger partial charge in [0.15, 0.2) is 15.8 Å². The molecule has 0 spiro atoms. The molecule has 0 unspecified atom stereocenters. The van der Waals surface area contributed by atoms with Crippen LogP contribution >= 0.6 is 0 Å². The first-order valence-electron chi connectivity index (χ1n) is 4.13. The predicted octanol–water partition coefficient (Wildman–Crippen LogP) is 1.94. The fourth-order valence-corrected chi connectivity index (χ4v) is 1.49. The molecule has 4 heteroatoms. The summed E-state index contributed by atoms with van der Waals surface area (Å²) in [7, 11) is 2.88. The van der Waals surface area contributed by atoms with Gasteiger partial charge in [-0.3, -0.25) is 9.78 Å². The van der Waals surface area contributed by atoms with Crippen molar-refractivity contribution in [2.75, 3.05) is 5.32 Å². The molecule has 0 aliphatic heterocycles. The highest BCUT2D eigenvalue weighted by Crippen LogP contribution is 2.21. The third kappa shape index (κ3) is 1.65. The number of aromatic nitrogens is 1. The number of hydrogen-bond donors (Lipinski definition) is 1. The van der Waals surface area contributed by atoms with Gasteiger partial charge in [-0.05, 0) is 12.1 Å². The Morgan fingerprint density at radius 1 is 1.36 bits per heavy atom. The van der Waals surface area contributed by atoms with Gasteiger partial charge < -0.3 is 5.32 Å². The van der Waals surface area contributed by atoms with Crippen LogP contribution < -0.4 is 5.32 Å². The average molecular weight is 199 g/mol. The van der Waals surface area contributed by atoms with Crippen molar-refractivity contribution in [2.45, 2.75) is 0 Å². The van der Waals surface area contributed by atoms with Crippen molar-refractivity contribution in [3.05, 3.63) is 36.7 Å².